The highest BCUT2D eigenvalue weighted by molar-refractivity contribution is 5.89. The normalized spacial score (nSPS) is 12.1. The molecule has 4 heteroatoms. The summed E-state index contributed by atoms with van der Waals surface area (Å²) in [5.74, 6) is 0.272. The number of carbonyl (C=O) groups is 1. The summed E-state index contributed by atoms with van der Waals surface area (Å²) in [6, 6.07) is 6.91. The van der Waals surface area contributed by atoms with Gasteiger partial charge < -0.3 is 14.6 Å². The summed E-state index contributed by atoms with van der Waals surface area (Å²) >= 11 is 0. The number of carbonyl (C=O) groups excluding carboxylic acids is 1. The average molecular weight is 294 g/mol. The molecule has 0 aliphatic rings. The van der Waals surface area contributed by atoms with Gasteiger partial charge in [-0.05, 0) is 35.4 Å². The monoisotopic (exact) mass is 294 g/mol. The standard InChI is InChI=1S/C17H26O4/c1-16(2,11-18)10-17(3,4)12-21-15(19)13-7-6-8-14(9-13)20-5/h6-9,18H,10-12H2,1-5H3. The Morgan fingerprint density at radius 1 is 1.19 bits per heavy atom. The Kier molecular flexibility index (Phi) is 5.78. The van der Waals surface area contributed by atoms with Crippen LogP contribution in [0.1, 0.15) is 44.5 Å². The van der Waals surface area contributed by atoms with Crippen LogP contribution in [0.3, 0.4) is 0 Å². The number of ether oxygens (including phenoxy) is 2. The molecule has 0 saturated carbocycles. The summed E-state index contributed by atoms with van der Waals surface area (Å²) in [6.07, 6.45) is 0.766. The molecule has 0 fully saturated rings. The van der Waals surface area contributed by atoms with E-state index in [2.05, 4.69) is 0 Å². The smallest absolute Gasteiger partial charge is 0.338 e. The van der Waals surface area contributed by atoms with Gasteiger partial charge in [-0.3, -0.25) is 0 Å². The lowest BCUT2D eigenvalue weighted by atomic mass is 9.76. The third-order valence-electron chi connectivity index (χ3n) is 3.28. The highest BCUT2D eigenvalue weighted by Crippen LogP contribution is 2.33. The zero-order valence-corrected chi connectivity index (χ0v) is 13.6. The van der Waals surface area contributed by atoms with E-state index < -0.39 is 0 Å². The van der Waals surface area contributed by atoms with Gasteiger partial charge in [-0.15, -0.1) is 0 Å². The van der Waals surface area contributed by atoms with E-state index in [0.717, 1.165) is 6.42 Å². The van der Waals surface area contributed by atoms with Gasteiger partial charge in [-0.2, -0.15) is 0 Å². The van der Waals surface area contributed by atoms with Crippen LogP contribution < -0.4 is 4.74 Å². The Bertz CT molecular complexity index is 477. The molecule has 1 aromatic rings. The second-order valence-electron chi connectivity index (χ2n) is 6.97. The minimum atomic E-state index is -0.358. The van der Waals surface area contributed by atoms with Crippen molar-refractivity contribution < 1.29 is 19.4 Å². The molecule has 0 aromatic heterocycles. The lowest BCUT2D eigenvalue weighted by molar-refractivity contribution is 0.0189. The zero-order valence-electron chi connectivity index (χ0n) is 13.6. The second kappa shape index (κ2) is 6.94. The molecule has 0 amide bonds. The molecule has 0 saturated heterocycles. The van der Waals surface area contributed by atoms with Crippen LogP contribution >= 0.6 is 0 Å². The first-order valence-corrected chi connectivity index (χ1v) is 7.11. The van der Waals surface area contributed by atoms with Crippen LogP contribution in [0.4, 0.5) is 0 Å². The van der Waals surface area contributed by atoms with Crippen LogP contribution in [0.2, 0.25) is 0 Å². The SMILES string of the molecule is COc1cccc(C(=O)OCC(C)(C)CC(C)(C)CO)c1. The summed E-state index contributed by atoms with van der Waals surface area (Å²) in [7, 11) is 1.56. The van der Waals surface area contributed by atoms with Crippen LogP contribution in [-0.4, -0.2) is 31.4 Å². The fourth-order valence-corrected chi connectivity index (χ4v) is 2.50. The van der Waals surface area contributed by atoms with Gasteiger partial charge in [0.2, 0.25) is 0 Å². The Labute approximate surface area is 127 Å². The largest absolute Gasteiger partial charge is 0.497 e. The summed E-state index contributed by atoms with van der Waals surface area (Å²) in [5.41, 5.74) is 0.0960. The molecule has 0 bridgehead atoms. The number of rotatable bonds is 7. The molecule has 1 aromatic carbocycles. The van der Waals surface area contributed by atoms with Gasteiger partial charge >= 0.3 is 5.97 Å². The van der Waals surface area contributed by atoms with Crippen molar-refractivity contribution in [2.24, 2.45) is 10.8 Å². The Hall–Kier alpha value is -1.55. The van der Waals surface area contributed by atoms with Crippen molar-refractivity contribution in [3.05, 3.63) is 29.8 Å². The predicted octanol–water partition coefficient (Wildman–Crippen LogP) is 3.29. The summed E-state index contributed by atoms with van der Waals surface area (Å²) in [6.45, 7) is 8.48. The number of aliphatic hydroxyl groups excluding tert-OH is 1. The van der Waals surface area contributed by atoms with Crippen molar-refractivity contribution in [1.82, 2.24) is 0 Å². The van der Waals surface area contributed by atoms with Gasteiger partial charge in [-0.1, -0.05) is 33.8 Å². The van der Waals surface area contributed by atoms with E-state index in [1.54, 1.807) is 31.4 Å². The van der Waals surface area contributed by atoms with Crippen molar-refractivity contribution >= 4 is 5.97 Å². The van der Waals surface area contributed by atoms with Crippen molar-refractivity contribution in [3.63, 3.8) is 0 Å². The predicted molar refractivity (Wildman–Crippen MR) is 82.5 cm³/mol. The second-order valence-corrected chi connectivity index (χ2v) is 6.97. The van der Waals surface area contributed by atoms with E-state index in [-0.39, 0.29) is 23.4 Å². The topological polar surface area (TPSA) is 55.8 Å². The van der Waals surface area contributed by atoms with Gasteiger partial charge in [0.25, 0.3) is 0 Å². The van der Waals surface area contributed by atoms with Gasteiger partial charge in [0.15, 0.2) is 0 Å². The summed E-state index contributed by atoms with van der Waals surface area (Å²) in [5, 5.41) is 9.35. The van der Waals surface area contributed by atoms with Gasteiger partial charge in [0.1, 0.15) is 5.75 Å². The van der Waals surface area contributed by atoms with Crippen LogP contribution in [-0.2, 0) is 4.74 Å². The number of esters is 1. The molecule has 0 aliphatic carbocycles. The molecule has 0 spiro atoms. The van der Waals surface area contributed by atoms with E-state index >= 15 is 0 Å². The van der Waals surface area contributed by atoms with Gasteiger partial charge in [0.05, 0.1) is 19.3 Å². The molecular weight excluding hydrogens is 268 g/mol. The molecule has 0 unspecified atom stereocenters. The van der Waals surface area contributed by atoms with E-state index in [4.69, 9.17) is 9.47 Å². The average Bonchev–Trinajstić information content (AvgIpc) is 2.44. The van der Waals surface area contributed by atoms with Crippen LogP contribution in [0.15, 0.2) is 24.3 Å². The van der Waals surface area contributed by atoms with Crippen molar-refractivity contribution in [1.29, 1.82) is 0 Å². The van der Waals surface area contributed by atoms with Crippen LogP contribution in [0, 0.1) is 10.8 Å². The Morgan fingerprint density at radius 2 is 1.86 bits per heavy atom. The van der Waals surface area contributed by atoms with E-state index in [0.29, 0.717) is 17.9 Å². The molecule has 118 valence electrons. The Balaban J connectivity index is 2.63. The van der Waals surface area contributed by atoms with Gasteiger partial charge in [0, 0.05) is 6.61 Å². The molecule has 0 atom stereocenters. The molecule has 1 rings (SSSR count). The van der Waals surface area contributed by atoms with Gasteiger partial charge in [-0.25, -0.2) is 4.79 Å². The fourth-order valence-electron chi connectivity index (χ4n) is 2.50. The molecule has 0 radical (unpaired) electrons. The minimum absolute atomic E-state index is 0.111. The first kappa shape index (κ1) is 17.5. The molecule has 0 aliphatic heterocycles. The molecule has 0 heterocycles. The van der Waals surface area contributed by atoms with E-state index in [1.165, 1.54) is 0 Å². The highest BCUT2D eigenvalue weighted by atomic mass is 16.5. The first-order chi connectivity index (χ1) is 9.69. The lowest BCUT2D eigenvalue weighted by Gasteiger charge is -2.33. The van der Waals surface area contributed by atoms with Crippen molar-refractivity contribution in [2.45, 2.75) is 34.1 Å². The van der Waals surface area contributed by atoms with E-state index in [9.17, 15) is 9.90 Å². The summed E-state index contributed by atoms with van der Waals surface area (Å²) < 4.78 is 10.5. The lowest BCUT2D eigenvalue weighted by Crippen LogP contribution is -2.30. The molecule has 21 heavy (non-hydrogen) atoms. The number of aliphatic hydroxyl groups is 1. The zero-order chi connectivity index (χ0) is 16.1. The number of hydrogen-bond acceptors (Lipinski definition) is 4. The maximum atomic E-state index is 12.1. The minimum Gasteiger partial charge on any atom is -0.497 e. The highest BCUT2D eigenvalue weighted by Gasteiger charge is 2.29. The molecule has 1 N–H and O–H groups in total. The Morgan fingerprint density at radius 3 is 2.43 bits per heavy atom. The maximum Gasteiger partial charge on any atom is 0.338 e. The number of methoxy groups -OCH3 is 1. The fraction of sp³-hybridized carbons (Fsp3) is 0.588. The first-order valence-electron chi connectivity index (χ1n) is 7.11. The molecule has 4 nitrogen and oxygen atoms in total. The quantitative estimate of drug-likeness (QED) is 0.784. The number of benzene rings is 1. The van der Waals surface area contributed by atoms with Crippen LogP contribution in [0.5, 0.6) is 5.75 Å². The van der Waals surface area contributed by atoms with Crippen LogP contribution in [0.25, 0.3) is 0 Å². The van der Waals surface area contributed by atoms with Crippen molar-refractivity contribution in [2.75, 3.05) is 20.3 Å². The third-order valence-corrected chi connectivity index (χ3v) is 3.28. The maximum absolute atomic E-state index is 12.1. The van der Waals surface area contributed by atoms with Crippen molar-refractivity contribution in [3.8, 4) is 5.75 Å². The van der Waals surface area contributed by atoms with E-state index in [1.807, 2.05) is 27.7 Å². The molecular formula is C17H26O4. The number of hydrogen-bond donors (Lipinski definition) is 1. The summed E-state index contributed by atoms with van der Waals surface area (Å²) in [4.78, 5) is 12.1. The third kappa shape index (κ3) is 5.76.